The average molecular weight is 388 g/mol. The van der Waals surface area contributed by atoms with Gasteiger partial charge in [0, 0.05) is 6.42 Å². The van der Waals surface area contributed by atoms with Crippen LogP contribution >= 0.6 is 0 Å². The lowest BCUT2D eigenvalue weighted by Gasteiger charge is -2.22. The van der Waals surface area contributed by atoms with Crippen molar-refractivity contribution in [2.75, 3.05) is 23.1 Å². The Morgan fingerprint density at radius 2 is 1.59 bits per heavy atom. The van der Waals surface area contributed by atoms with Gasteiger partial charge in [-0.05, 0) is 62.5 Å². The number of para-hydroxylation sites is 2. The first-order valence-electron chi connectivity index (χ1n) is 9.22. The number of sulfonamides is 1. The Labute approximate surface area is 160 Å². The molecule has 27 heavy (non-hydrogen) atoms. The van der Waals surface area contributed by atoms with E-state index in [1.54, 1.807) is 42.5 Å². The summed E-state index contributed by atoms with van der Waals surface area (Å²) in [6, 6.07) is 15.0. The van der Waals surface area contributed by atoms with E-state index in [0.29, 0.717) is 23.7 Å². The molecule has 0 radical (unpaired) electrons. The zero-order valence-electron chi connectivity index (χ0n) is 15.1. The Balaban J connectivity index is 1.64. The molecule has 0 spiro atoms. The fraction of sp³-hybridized carbons (Fsp3) is 0.350. The quantitative estimate of drug-likeness (QED) is 0.681. The second-order valence-corrected chi connectivity index (χ2v) is 8.43. The lowest BCUT2D eigenvalue weighted by molar-refractivity contribution is -0.116. The van der Waals surface area contributed by atoms with Crippen molar-refractivity contribution in [3.05, 3.63) is 54.6 Å². The number of piperidine rings is 1. The smallest absolute Gasteiger partial charge is 0.261 e. The van der Waals surface area contributed by atoms with Gasteiger partial charge >= 0.3 is 0 Å². The molecule has 0 saturated carbocycles. The van der Waals surface area contributed by atoms with Gasteiger partial charge in [-0.15, -0.1) is 0 Å². The normalized spacial score (nSPS) is 15.3. The third-order valence-corrected chi connectivity index (χ3v) is 6.12. The first-order chi connectivity index (χ1) is 13.0. The zero-order valence-corrected chi connectivity index (χ0v) is 16.0. The molecule has 1 aliphatic rings. The molecule has 1 saturated heterocycles. The fourth-order valence-electron chi connectivity index (χ4n) is 3.20. The lowest BCUT2D eigenvalue weighted by Crippen LogP contribution is -2.28. The highest BCUT2D eigenvalue weighted by molar-refractivity contribution is 7.92. The SMILES string of the molecule is O=C(CCC1CCNCC1)Nc1ccccc1NS(=O)(=O)c1ccccc1. The number of benzene rings is 2. The fourth-order valence-corrected chi connectivity index (χ4v) is 4.30. The molecule has 1 aliphatic heterocycles. The van der Waals surface area contributed by atoms with Crippen LogP contribution in [0.2, 0.25) is 0 Å². The molecule has 2 aromatic carbocycles. The van der Waals surface area contributed by atoms with Crippen molar-refractivity contribution in [1.82, 2.24) is 5.32 Å². The predicted octanol–water partition coefficient (Wildman–Crippen LogP) is 3.21. The van der Waals surface area contributed by atoms with Crippen LogP contribution < -0.4 is 15.4 Å². The van der Waals surface area contributed by atoms with Crippen LogP contribution in [0.1, 0.15) is 25.7 Å². The molecule has 0 aromatic heterocycles. The maximum absolute atomic E-state index is 12.5. The highest BCUT2D eigenvalue weighted by atomic mass is 32.2. The number of rotatable bonds is 7. The summed E-state index contributed by atoms with van der Waals surface area (Å²) < 4.78 is 27.6. The lowest BCUT2D eigenvalue weighted by atomic mass is 9.93. The Kier molecular flexibility index (Phi) is 6.47. The third-order valence-electron chi connectivity index (χ3n) is 4.74. The number of carbonyl (C=O) groups excluding carboxylic acids is 1. The minimum absolute atomic E-state index is 0.0973. The molecular weight excluding hydrogens is 362 g/mol. The summed E-state index contributed by atoms with van der Waals surface area (Å²) in [5, 5.41) is 6.16. The second-order valence-electron chi connectivity index (χ2n) is 6.74. The molecule has 1 fully saturated rings. The number of hydrogen-bond acceptors (Lipinski definition) is 4. The van der Waals surface area contributed by atoms with Gasteiger partial charge in [0.05, 0.1) is 16.3 Å². The standard InChI is InChI=1S/C20H25N3O3S/c24-20(11-10-16-12-14-21-15-13-16)22-18-8-4-5-9-19(18)23-27(25,26)17-6-2-1-3-7-17/h1-9,16,21,23H,10-15H2,(H,22,24). The van der Waals surface area contributed by atoms with E-state index in [9.17, 15) is 13.2 Å². The van der Waals surface area contributed by atoms with Gasteiger partial charge in [0.2, 0.25) is 5.91 Å². The molecule has 0 bridgehead atoms. The number of carbonyl (C=O) groups is 1. The van der Waals surface area contributed by atoms with E-state index >= 15 is 0 Å². The van der Waals surface area contributed by atoms with Gasteiger partial charge in [0.15, 0.2) is 0 Å². The number of nitrogens with one attached hydrogen (secondary N) is 3. The van der Waals surface area contributed by atoms with E-state index in [1.165, 1.54) is 12.1 Å². The molecule has 0 unspecified atom stereocenters. The second kappa shape index (κ2) is 9.01. The first kappa shape index (κ1) is 19.4. The maximum atomic E-state index is 12.5. The average Bonchev–Trinajstić information content (AvgIpc) is 2.69. The number of anilines is 2. The van der Waals surface area contributed by atoms with Crippen LogP contribution in [0.3, 0.4) is 0 Å². The van der Waals surface area contributed by atoms with Crippen LogP contribution in [0.5, 0.6) is 0 Å². The third kappa shape index (κ3) is 5.55. The summed E-state index contributed by atoms with van der Waals surface area (Å²) in [6.45, 7) is 2.02. The van der Waals surface area contributed by atoms with Crippen molar-refractivity contribution in [3.8, 4) is 0 Å². The van der Waals surface area contributed by atoms with E-state index in [1.807, 2.05) is 0 Å². The monoisotopic (exact) mass is 387 g/mol. The highest BCUT2D eigenvalue weighted by Crippen LogP contribution is 2.25. The van der Waals surface area contributed by atoms with Crippen molar-refractivity contribution < 1.29 is 13.2 Å². The Bertz CT molecular complexity index is 863. The molecule has 3 rings (SSSR count). The van der Waals surface area contributed by atoms with E-state index in [2.05, 4.69) is 15.4 Å². The van der Waals surface area contributed by atoms with E-state index in [4.69, 9.17) is 0 Å². The van der Waals surface area contributed by atoms with Gasteiger partial charge in [0.1, 0.15) is 0 Å². The summed E-state index contributed by atoms with van der Waals surface area (Å²) in [7, 11) is -3.71. The maximum Gasteiger partial charge on any atom is 0.261 e. The van der Waals surface area contributed by atoms with Gasteiger partial charge in [-0.2, -0.15) is 0 Å². The van der Waals surface area contributed by atoms with Crippen LogP contribution in [0.25, 0.3) is 0 Å². The van der Waals surface area contributed by atoms with Crippen LogP contribution in [-0.2, 0) is 14.8 Å². The molecule has 6 nitrogen and oxygen atoms in total. The molecule has 3 N–H and O–H groups in total. The van der Waals surface area contributed by atoms with Crippen molar-refractivity contribution in [1.29, 1.82) is 0 Å². The Morgan fingerprint density at radius 1 is 0.963 bits per heavy atom. The van der Waals surface area contributed by atoms with Crippen molar-refractivity contribution >= 4 is 27.3 Å². The van der Waals surface area contributed by atoms with Crippen LogP contribution in [-0.4, -0.2) is 27.4 Å². The number of amides is 1. The molecule has 1 heterocycles. The van der Waals surface area contributed by atoms with Gasteiger partial charge in [0.25, 0.3) is 10.0 Å². The molecule has 2 aromatic rings. The topological polar surface area (TPSA) is 87.3 Å². The van der Waals surface area contributed by atoms with E-state index in [-0.39, 0.29) is 10.8 Å². The van der Waals surface area contributed by atoms with Gasteiger partial charge < -0.3 is 10.6 Å². The molecule has 144 valence electrons. The summed E-state index contributed by atoms with van der Waals surface area (Å²) in [5.74, 6) is 0.476. The van der Waals surface area contributed by atoms with Gasteiger partial charge in [-0.1, -0.05) is 30.3 Å². The largest absolute Gasteiger partial charge is 0.324 e. The predicted molar refractivity (Wildman–Crippen MR) is 107 cm³/mol. The van der Waals surface area contributed by atoms with Crippen LogP contribution in [0.4, 0.5) is 11.4 Å². The van der Waals surface area contributed by atoms with Gasteiger partial charge in [-0.25, -0.2) is 8.42 Å². The van der Waals surface area contributed by atoms with Crippen LogP contribution in [0.15, 0.2) is 59.5 Å². The van der Waals surface area contributed by atoms with E-state index < -0.39 is 10.0 Å². The summed E-state index contributed by atoms with van der Waals surface area (Å²) in [6.07, 6.45) is 3.48. The van der Waals surface area contributed by atoms with Crippen molar-refractivity contribution in [2.45, 2.75) is 30.6 Å². The highest BCUT2D eigenvalue weighted by Gasteiger charge is 2.17. The molecule has 7 heteroatoms. The summed E-state index contributed by atoms with van der Waals surface area (Å²) >= 11 is 0. The van der Waals surface area contributed by atoms with Crippen LogP contribution in [0, 0.1) is 5.92 Å². The first-order valence-corrected chi connectivity index (χ1v) is 10.7. The van der Waals surface area contributed by atoms with Crippen molar-refractivity contribution in [2.24, 2.45) is 5.92 Å². The minimum Gasteiger partial charge on any atom is -0.324 e. The summed E-state index contributed by atoms with van der Waals surface area (Å²) in [4.78, 5) is 12.5. The molecular formula is C20H25N3O3S. The summed E-state index contributed by atoms with van der Waals surface area (Å²) in [5.41, 5.74) is 0.823. The van der Waals surface area contributed by atoms with Crippen molar-refractivity contribution in [3.63, 3.8) is 0 Å². The minimum atomic E-state index is -3.71. The molecule has 0 atom stereocenters. The van der Waals surface area contributed by atoms with E-state index in [0.717, 1.165) is 32.4 Å². The van der Waals surface area contributed by atoms with Gasteiger partial charge in [-0.3, -0.25) is 9.52 Å². The Morgan fingerprint density at radius 3 is 2.30 bits per heavy atom. The zero-order chi connectivity index (χ0) is 19.1. The molecule has 0 aliphatic carbocycles. The Hall–Kier alpha value is -2.38. The molecule has 1 amide bonds. The number of hydrogen-bond donors (Lipinski definition) is 3.